The molecule has 0 aliphatic rings. The zero-order chi connectivity index (χ0) is 20.8. The second-order valence-corrected chi connectivity index (χ2v) is 9.81. The molecule has 2 nitrogen and oxygen atoms in total. The summed E-state index contributed by atoms with van der Waals surface area (Å²) in [5.74, 6) is -0.155. The lowest BCUT2D eigenvalue weighted by Crippen LogP contribution is -2.23. The fraction of sp³-hybridized carbons (Fsp3) is 0.0741. The van der Waals surface area contributed by atoms with E-state index in [2.05, 4.69) is 12.1 Å². The molecule has 0 heterocycles. The molecule has 0 aromatic heterocycles. The van der Waals surface area contributed by atoms with Gasteiger partial charge in [0.25, 0.3) is 0 Å². The maximum atomic E-state index is 14.1. The first-order chi connectivity index (χ1) is 14.6. The van der Waals surface area contributed by atoms with E-state index in [0.717, 1.165) is 12.0 Å². The van der Waals surface area contributed by atoms with Crippen molar-refractivity contribution in [1.82, 2.24) is 0 Å². The number of ketones is 1. The molecule has 0 saturated carbocycles. The molecule has 0 radical (unpaired) electrons. The third-order valence-electron chi connectivity index (χ3n) is 5.11. The van der Waals surface area contributed by atoms with Gasteiger partial charge in [0.15, 0.2) is 25.5 Å². The monoisotopic (exact) mass is 411 g/mol. The molecular formula is C27H23O2S+. The van der Waals surface area contributed by atoms with Crippen LogP contribution in [0.2, 0.25) is 0 Å². The maximum Gasteiger partial charge on any atom is 0.212 e. The third kappa shape index (κ3) is 4.47. The summed E-state index contributed by atoms with van der Waals surface area (Å²) >= 11 is 0. The molecule has 4 aromatic carbocycles. The predicted octanol–water partition coefficient (Wildman–Crippen LogP) is 6.08. The number of carbonyl (C=O) groups excluding carboxylic acids is 1. The van der Waals surface area contributed by atoms with Gasteiger partial charge >= 0.3 is 0 Å². The molecule has 0 fully saturated rings. The van der Waals surface area contributed by atoms with Crippen LogP contribution in [-0.2, 0) is 20.6 Å². The Morgan fingerprint density at radius 2 is 1.00 bits per heavy atom. The number of benzene rings is 4. The standard InChI is InChI=1S/C27H23O2S/c28-27(24-18-16-23(17-19-24)20-22-10-4-1-5-11-22)21-30(29,25-12-6-2-7-13-25)26-14-8-3-9-15-26/h1-19H,20-21H2/q+1. The molecule has 0 unspecified atom stereocenters. The average Bonchev–Trinajstić information content (AvgIpc) is 2.81. The molecule has 4 aromatic rings. The molecule has 0 N–H and O–H groups in total. The van der Waals surface area contributed by atoms with Crippen LogP contribution < -0.4 is 0 Å². The highest BCUT2D eigenvalue weighted by Gasteiger charge is 2.37. The van der Waals surface area contributed by atoms with Crippen LogP contribution in [0, 0.1) is 0 Å². The fourth-order valence-corrected chi connectivity index (χ4v) is 5.83. The van der Waals surface area contributed by atoms with Crippen molar-refractivity contribution in [2.75, 3.05) is 5.75 Å². The Kier molecular flexibility index (Phi) is 6.01. The van der Waals surface area contributed by atoms with Crippen molar-refractivity contribution in [3.05, 3.63) is 132 Å². The normalized spacial score (nSPS) is 11.2. The van der Waals surface area contributed by atoms with E-state index in [0.29, 0.717) is 15.4 Å². The maximum absolute atomic E-state index is 14.1. The summed E-state index contributed by atoms with van der Waals surface area (Å²) in [6.07, 6.45) is 0.820. The first-order valence-corrected chi connectivity index (χ1v) is 11.7. The predicted molar refractivity (Wildman–Crippen MR) is 122 cm³/mol. The molecule has 0 atom stereocenters. The molecule has 148 valence electrons. The summed E-state index contributed by atoms with van der Waals surface area (Å²) in [7, 11) is -2.70. The molecule has 3 heteroatoms. The Morgan fingerprint density at radius 1 is 0.567 bits per heavy atom. The molecule has 4 rings (SSSR count). The Morgan fingerprint density at radius 3 is 1.50 bits per heavy atom. The van der Waals surface area contributed by atoms with Gasteiger partial charge in [-0.15, -0.1) is 0 Å². The van der Waals surface area contributed by atoms with Gasteiger partial charge in [0.05, 0.1) is 0 Å². The zero-order valence-corrected chi connectivity index (χ0v) is 17.4. The highest BCUT2D eigenvalue weighted by molar-refractivity contribution is 8.03. The summed E-state index contributed by atoms with van der Waals surface area (Å²) in [5.41, 5.74) is 2.96. The van der Waals surface area contributed by atoms with E-state index in [1.807, 2.05) is 103 Å². The van der Waals surface area contributed by atoms with Gasteiger partial charge in [-0.3, -0.25) is 4.79 Å². The van der Waals surface area contributed by atoms with Gasteiger partial charge in [0.2, 0.25) is 5.78 Å². The Hall–Kier alpha value is -3.30. The van der Waals surface area contributed by atoms with E-state index in [-0.39, 0.29) is 11.5 Å². The van der Waals surface area contributed by atoms with Crippen molar-refractivity contribution in [1.29, 1.82) is 0 Å². The number of Topliss-reactive ketones (excluding diaryl/α,β-unsaturated/α-hetero) is 1. The van der Waals surface area contributed by atoms with Gasteiger partial charge < -0.3 is 0 Å². The van der Waals surface area contributed by atoms with Crippen LogP contribution in [0.1, 0.15) is 21.5 Å². The second-order valence-electron chi connectivity index (χ2n) is 7.23. The van der Waals surface area contributed by atoms with E-state index in [1.165, 1.54) is 5.56 Å². The summed E-state index contributed by atoms with van der Waals surface area (Å²) in [4.78, 5) is 14.5. The highest BCUT2D eigenvalue weighted by Crippen LogP contribution is 2.30. The van der Waals surface area contributed by atoms with Gasteiger partial charge in [0, 0.05) is 5.56 Å². The van der Waals surface area contributed by atoms with Crippen LogP contribution in [0.3, 0.4) is 0 Å². The van der Waals surface area contributed by atoms with Gasteiger partial charge in [-0.05, 0) is 41.8 Å². The third-order valence-corrected chi connectivity index (χ3v) is 7.85. The molecular weight excluding hydrogens is 388 g/mol. The van der Waals surface area contributed by atoms with E-state index in [1.54, 1.807) is 0 Å². The summed E-state index contributed by atoms with van der Waals surface area (Å²) < 4.78 is 14.1. The molecule has 0 aliphatic carbocycles. The van der Waals surface area contributed by atoms with Crippen molar-refractivity contribution in [3.8, 4) is 0 Å². The molecule has 0 saturated heterocycles. The van der Waals surface area contributed by atoms with Crippen molar-refractivity contribution in [3.63, 3.8) is 0 Å². The molecule has 0 aliphatic heterocycles. The van der Waals surface area contributed by atoms with Gasteiger partial charge in [-0.25, -0.2) is 0 Å². The zero-order valence-electron chi connectivity index (χ0n) is 16.6. The van der Waals surface area contributed by atoms with Gasteiger partial charge in [-0.1, -0.05) is 95.2 Å². The highest BCUT2D eigenvalue weighted by atomic mass is 32.2. The van der Waals surface area contributed by atoms with Crippen LogP contribution in [0.4, 0.5) is 0 Å². The number of hydrogen-bond donors (Lipinski definition) is 0. The average molecular weight is 412 g/mol. The summed E-state index contributed by atoms with van der Waals surface area (Å²) in [5, 5.41) is 0. The topological polar surface area (TPSA) is 34.1 Å². The largest absolute Gasteiger partial charge is 0.289 e. The fourth-order valence-electron chi connectivity index (χ4n) is 3.49. The van der Waals surface area contributed by atoms with Crippen LogP contribution in [0.25, 0.3) is 0 Å². The van der Waals surface area contributed by atoms with E-state index in [4.69, 9.17) is 0 Å². The van der Waals surface area contributed by atoms with Crippen LogP contribution in [0.15, 0.2) is 125 Å². The Bertz CT molecular complexity index is 1110. The molecule has 0 bridgehead atoms. The van der Waals surface area contributed by atoms with Crippen molar-refractivity contribution in [2.45, 2.75) is 16.2 Å². The molecule has 0 spiro atoms. The Labute approximate surface area is 178 Å². The minimum absolute atomic E-state index is 0.0426. The van der Waals surface area contributed by atoms with Crippen LogP contribution >= 0.6 is 0 Å². The lowest BCUT2D eigenvalue weighted by molar-refractivity contribution is 0.102. The lowest BCUT2D eigenvalue weighted by Gasteiger charge is -2.12. The van der Waals surface area contributed by atoms with Crippen molar-refractivity contribution < 1.29 is 9.00 Å². The molecule has 0 amide bonds. The Balaban J connectivity index is 1.58. The SMILES string of the molecule is O=C(C[S+](=O)(c1ccccc1)c1ccccc1)c1ccc(Cc2ccccc2)cc1. The van der Waals surface area contributed by atoms with Crippen molar-refractivity contribution in [2.24, 2.45) is 0 Å². The first-order valence-electron chi connectivity index (χ1n) is 9.93. The van der Waals surface area contributed by atoms with Crippen LogP contribution in [-0.4, -0.2) is 11.5 Å². The quantitative estimate of drug-likeness (QED) is 0.273. The number of rotatable bonds is 7. The first kappa shape index (κ1) is 20.0. The molecule has 30 heavy (non-hydrogen) atoms. The minimum atomic E-state index is -2.70. The van der Waals surface area contributed by atoms with Gasteiger partial charge in [-0.2, -0.15) is 0 Å². The van der Waals surface area contributed by atoms with E-state index in [9.17, 15) is 9.00 Å². The van der Waals surface area contributed by atoms with E-state index < -0.39 is 9.93 Å². The summed E-state index contributed by atoms with van der Waals surface area (Å²) in [6, 6.07) is 36.5. The van der Waals surface area contributed by atoms with Crippen LogP contribution in [0.5, 0.6) is 0 Å². The lowest BCUT2D eigenvalue weighted by atomic mass is 10.0. The van der Waals surface area contributed by atoms with E-state index >= 15 is 0 Å². The summed E-state index contributed by atoms with van der Waals surface area (Å²) in [6.45, 7) is 0. The second kappa shape index (κ2) is 9.02. The number of carbonyl (C=O) groups is 1. The van der Waals surface area contributed by atoms with Gasteiger partial charge in [0.1, 0.15) is 0 Å². The smallest absolute Gasteiger partial charge is 0.212 e. The number of hydrogen-bond acceptors (Lipinski definition) is 2. The van der Waals surface area contributed by atoms with Crippen molar-refractivity contribution >= 4 is 15.7 Å². The minimum Gasteiger partial charge on any atom is -0.289 e.